The standard InChI is InChI=1S/C21H21F4N7OS/c22-12-3-1-8-27-17(12)20(6-2-7-20)11-29-16-5-4-13(31-32-16)14-10-34-19(30-14)18(33)28-9-15(26)21(23,24)25/h1,3-5,8,10,15H,2,6-7,9,11,26H2,(H,28,33)(H,29,32). The van der Waals surface area contributed by atoms with Gasteiger partial charge in [-0.05, 0) is 37.1 Å². The average Bonchev–Trinajstić information content (AvgIpc) is 3.28. The maximum absolute atomic E-state index is 14.3. The fourth-order valence-corrected chi connectivity index (χ4v) is 4.32. The lowest BCUT2D eigenvalue weighted by molar-refractivity contribution is -0.146. The van der Waals surface area contributed by atoms with Crippen LogP contribution >= 0.6 is 11.3 Å². The van der Waals surface area contributed by atoms with E-state index in [0.29, 0.717) is 29.4 Å². The Bertz CT molecular complexity index is 1150. The molecular weight excluding hydrogens is 474 g/mol. The molecule has 1 atom stereocenters. The van der Waals surface area contributed by atoms with Crippen LogP contribution in [0.3, 0.4) is 0 Å². The first-order valence-electron chi connectivity index (χ1n) is 10.4. The highest BCUT2D eigenvalue weighted by Gasteiger charge is 2.42. The number of hydrogen-bond donors (Lipinski definition) is 3. The number of rotatable bonds is 8. The molecule has 0 radical (unpaired) electrons. The van der Waals surface area contributed by atoms with Crippen molar-refractivity contribution in [2.24, 2.45) is 5.73 Å². The Kier molecular flexibility index (Phi) is 6.75. The van der Waals surface area contributed by atoms with Crippen LogP contribution in [0.15, 0.2) is 35.8 Å². The van der Waals surface area contributed by atoms with Gasteiger partial charge in [0.2, 0.25) is 0 Å². The second-order valence-corrected chi connectivity index (χ2v) is 8.88. The van der Waals surface area contributed by atoms with E-state index < -0.39 is 30.1 Å². The first-order chi connectivity index (χ1) is 16.2. The maximum atomic E-state index is 14.3. The van der Waals surface area contributed by atoms with Crippen molar-refractivity contribution < 1.29 is 22.4 Å². The van der Waals surface area contributed by atoms with E-state index in [1.54, 1.807) is 29.8 Å². The van der Waals surface area contributed by atoms with Crippen LogP contribution in [0.25, 0.3) is 11.4 Å². The van der Waals surface area contributed by atoms with Crippen LogP contribution in [0.4, 0.5) is 23.4 Å². The topological polar surface area (TPSA) is 119 Å². The highest BCUT2D eigenvalue weighted by atomic mass is 32.1. The van der Waals surface area contributed by atoms with Crippen LogP contribution < -0.4 is 16.4 Å². The number of halogens is 4. The third-order valence-electron chi connectivity index (χ3n) is 5.71. The molecule has 4 rings (SSSR count). The highest BCUT2D eigenvalue weighted by molar-refractivity contribution is 7.12. The van der Waals surface area contributed by atoms with Crippen LogP contribution in [0.5, 0.6) is 0 Å². The van der Waals surface area contributed by atoms with Gasteiger partial charge in [-0.2, -0.15) is 13.2 Å². The van der Waals surface area contributed by atoms with Crippen LogP contribution in [-0.4, -0.2) is 51.4 Å². The average molecular weight is 496 g/mol. The van der Waals surface area contributed by atoms with E-state index in [2.05, 4.69) is 30.8 Å². The van der Waals surface area contributed by atoms with Gasteiger partial charge in [-0.25, -0.2) is 9.37 Å². The molecule has 1 fully saturated rings. The Balaban J connectivity index is 1.36. The van der Waals surface area contributed by atoms with E-state index in [1.165, 1.54) is 6.07 Å². The van der Waals surface area contributed by atoms with E-state index in [4.69, 9.17) is 5.73 Å². The summed E-state index contributed by atoms with van der Waals surface area (Å²) in [5.41, 5.74) is 5.80. The number of carbonyl (C=O) groups is 1. The number of aromatic nitrogens is 4. The molecule has 1 amide bonds. The van der Waals surface area contributed by atoms with Crippen molar-refractivity contribution in [3.05, 3.63) is 52.4 Å². The van der Waals surface area contributed by atoms with E-state index in [-0.39, 0.29) is 10.8 Å². The maximum Gasteiger partial charge on any atom is 0.405 e. The number of anilines is 1. The zero-order chi connectivity index (χ0) is 24.3. The molecular formula is C21H21F4N7OS. The van der Waals surface area contributed by atoms with Crippen molar-refractivity contribution in [1.29, 1.82) is 0 Å². The normalized spacial score (nSPS) is 15.9. The molecule has 0 spiro atoms. The monoisotopic (exact) mass is 495 g/mol. The summed E-state index contributed by atoms with van der Waals surface area (Å²) in [5, 5.41) is 15.1. The second-order valence-electron chi connectivity index (χ2n) is 8.02. The number of nitrogens with zero attached hydrogens (tertiary/aromatic N) is 4. The predicted octanol–water partition coefficient (Wildman–Crippen LogP) is 3.29. The van der Waals surface area contributed by atoms with Gasteiger partial charge in [-0.15, -0.1) is 21.5 Å². The summed E-state index contributed by atoms with van der Waals surface area (Å²) in [6, 6.07) is 4.15. The molecule has 0 aromatic carbocycles. The van der Waals surface area contributed by atoms with Crippen molar-refractivity contribution in [3.8, 4) is 11.4 Å². The summed E-state index contributed by atoms with van der Waals surface area (Å²) >= 11 is 0.968. The fraction of sp³-hybridized carbons (Fsp3) is 0.381. The molecule has 3 aromatic rings. The van der Waals surface area contributed by atoms with Crippen LogP contribution in [-0.2, 0) is 5.41 Å². The number of alkyl halides is 3. The van der Waals surface area contributed by atoms with Gasteiger partial charge in [0.25, 0.3) is 5.91 Å². The van der Waals surface area contributed by atoms with Crippen LogP contribution in [0.2, 0.25) is 0 Å². The molecule has 3 heterocycles. The van der Waals surface area contributed by atoms with Crippen molar-refractivity contribution in [2.75, 3.05) is 18.4 Å². The molecule has 8 nitrogen and oxygen atoms in total. The van der Waals surface area contributed by atoms with Crippen molar-refractivity contribution >= 4 is 23.1 Å². The Morgan fingerprint density at radius 3 is 2.62 bits per heavy atom. The van der Waals surface area contributed by atoms with Gasteiger partial charge in [0.05, 0.1) is 5.69 Å². The highest BCUT2D eigenvalue weighted by Crippen LogP contribution is 2.43. The third kappa shape index (κ3) is 5.14. The Morgan fingerprint density at radius 2 is 2.00 bits per heavy atom. The van der Waals surface area contributed by atoms with Crippen molar-refractivity contribution in [1.82, 2.24) is 25.5 Å². The second kappa shape index (κ2) is 9.58. The minimum absolute atomic E-state index is 0.0160. The first-order valence-corrected chi connectivity index (χ1v) is 11.3. The summed E-state index contributed by atoms with van der Waals surface area (Å²) in [6.45, 7) is -0.294. The molecule has 13 heteroatoms. The van der Waals surface area contributed by atoms with Gasteiger partial charge in [0.15, 0.2) is 5.01 Å². The van der Waals surface area contributed by atoms with Crippen molar-refractivity contribution in [2.45, 2.75) is 36.9 Å². The fourth-order valence-electron chi connectivity index (χ4n) is 3.59. The number of pyridine rings is 1. The Hall–Kier alpha value is -3.19. The third-order valence-corrected chi connectivity index (χ3v) is 6.55. The molecule has 0 bridgehead atoms. The van der Waals surface area contributed by atoms with E-state index in [9.17, 15) is 22.4 Å². The van der Waals surface area contributed by atoms with Gasteiger partial charge >= 0.3 is 6.18 Å². The molecule has 4 N–H and O–H groups in total. The molecule has 1 unspecified atom stereocenters. The number of nitrogens with two attached hydrogens (primary N) is 1. The van der Waals surface area contributed by atoms with Crippen LogP contribution in [0, 0.1) is 5.82 Å². The van der Waals surface area contributed by atoms with Crippen molar-refractivity contribution in [3.63, 3.8) is 0 Å². The minimum Gasteiger partial charge on any atom is -0.368 e. The zero-order valence-corrected chi connectivity index (χ0v) is 18.6. The molecule has 34 heavy (non-hydrogen) atoms. The largest absolute Gasteiger partial charge is 0.405 e. The van der Waals surface area contributed by atoms with Gasteiger partial charge in [-0.1, -0.05) is 6.42 Å². The molecule has 3 aromatic heterocycles. The van der Waals surface area contributed by atoms with E-state index in [1.807, 2.05) is 0 Å². The quantitative estimate of drug-likeness (QED) is 0.411. The molecule has 180 valence electrons. The van der Waals surface area contributed by atoms with Gasteiger partial charge in [0, 0.05) is 30.1 Å². The summed E-state index contributed by atoms with van der Waals surface area (Å²) in [5.74, 6) is -0.593. The number of amides is 1. The lowest BCUT2D eigenvalue weighted by atomic mass is 9.66. The molecule has 1 aliphatic carbocycles. The molecule has 1 aliphatic rings. The zero-order valence-electron chi connectivity index (χ0n) is 17.8. The minimum atomic E-state index is -4.60. The lowest BCUT2D eigenvalue weighted by Gasteiger charge is -2.41. The molecule has 1 saturated carbocycles. The van der Waals surface area contributed by atoms with E-state index >= 15 is 0 Å². The lowest BCUT2D eigenvalue weighted by Crippen LogP contribution is -2.46. The summed E-state index contributed by atoms with van der Waals surface area (Å²) in [7, 11) is 0. The number of carbonyl (C=O) groups excluding carboxylic acids is 1. The number of hydrogen-bond acceptors (Lipinski definition) is 8. The molecule has 0 aliphatic heterocycles. The summed E-state index contributed by atoms with van der Waals surface area (Å²) in [4.78, 5) is 20.4. The Morgan fingerprint density at radius 1 is 1.21 bits per heavy atom. The SMILES string of the molecule is NC(CNC(=O)c1nc(-c2ccc(NCC3(c4ncccc4F)CCC3)nn2)cs1)C(F)(F)F. The van der Waals surface area contributed by atoms with Gasteiger partial charge < -0.3 is 16.4 Å². The smallest absolute Gasteiger partial charge is 0.368 e. The molecule has 0 saturated heterocycles. The van der Waals surface area contributed by atoms with Gasteiger partial charge in [-0.3, -0.25) is 9.78 Å². The summed E-state index contributed by atoms with van der Waals surface area (Å²) < 4.78 is 51.7. The predicted molar refractivity (Wildman–Crippen MR) is 118 cm³/mol. The van der Waals surface area contributed by atoms with E-state index in [0.717, 1.165) is 30.6 Å². The van der Waals surface area contributed by atoms with Gasteiger partial charge in [0.1, 0.15) is 29.1 Å². The number of thiazole rings is 1. The Labute approximate surface area is 196 Å². The first kappa shape index (κ1) is 24.0. The number of nitrogens with one attached hydrogen (secondary N) is 2. The van der Waals surface area contributed by atoms with Crippen LogP contribution in [0.1, 0.15) is 34.8 Å². The summed E-state index contributed by atoms with van der Waals surface area (Å²) in [6.07, 6.45) is -0.394.